The first kappa shape index (κ1) is 14.3. The molecule has 0 aliphatic carbocycles. The van der Waals surface area contributed by atoms with E-state index in [9.17, 15) is 4.39 Å². The molecule has 0 saturated carbocycles. The standard InChI is InChI=1S/C14H14ClFN2S/c1-2-17-8-10-3-5-13(12(16)7-10)19-14-6-4-11(15)9-18-14/h3-7,9,17H,2,8H2,1H3. The molecule has 1 aromatic heterocycles. The zero-order chi connectivity index (χ0) is 13.7. The van der Waals surface area contributed by atoms with Crippen molar-refractivity contribution < 1.29 is 4.39 Å². The number of halogens is 2. The average molecular weight is 297 g/mol. The first-order chi connectivity index (χ1) is 9.19. The molecule has 0 bridgehead atoms. The highest BCUT2D eigenvalue weighted by Crippen LogP contribution is 2.29. The van der Waals surface area contributed by atoms with Crippen LogP contribution in [0.15, 0.2) is 46.5 Å². The topological polar surface area (TPSA) is 24.9 Å². The molecular formula is C14H14ClFN2S. The molecule has 19 heavy (non-hydrogen) atoms. The number of pyridine rings is 1. The van der Waals surface area contributed by atoms with Gasteiger partial charge in [-0.15, -0.1) is 0 Å². The van der Waals surface area contributed by atoms with Gasteiger partial charge in [0.15, 0.2) is 0 Å². The minimum Gasteiger partial charge on any atom is -0.313 e. The van der Waals surface area contributed by atoms with E-state index in [2.05, 4.69) is 10.3 Å². The lowest BCUT2D eigenvalue weighted by atomic mass is 10.2. The van der Waals surface area contributed by atoms with Gasteiger partial charge in [0.05, 0.1) is 5.02 Å². The monoisotopic (exact) mass is 296 g/mol. The van der Waals surface area contributed by atoms with Crippen molar-refractivity contribution in [3.05, 3.63) is 52.9 Å². The third kappa shape index (κ3) is 4.20. The van der Waals surface area contributed by atoms with E-state index >= 15 is 0 Å². The van der Waals surface area contributed by atoms with Gasteiger partial charge in [0.2, 0.25) is 0 Å². The van der Waals surface area contributed by atoms with Crippen LogP contribution in [0.2, 0.25) is 5.02 Å². The zero-order valence-corrected chi connectivity index (χ0v) is 12.1. The molecular weight excluding hydrogens is 283 g/mol. The smallest absolute Gasteiger partial charge is 0.137 e. The van der Waals surface area contributed by atoms with Crippen molar-refractivity contribution in [1.29, 1.82) is 0 Å². The van der Waals surface area contributed by atoms with Gasteiger partial charge >= 0.3 is 0 Å². The zero-order valence-electron chi connectivity index (χ0n) is 10.5. The van der Waals surface area contributed by atoms with Gasteiger partial charge in [0, 0.05) is 17.6 Å². The number of aromatic nitrogens is 1. The number of hydrogen-bond donors (Lipinski definition) is 1. The molecule has 0 aliphatic heterocycles. The van der Waals surface area contributed by atoms with Gasteiger partial charge in [-0.25, -0.2) is 9.37 Å². The number of nitrogens with zero attached hydrogens (tertiary/aromatic N) is 1. The van der Waals surface area contributed by atoms with Gasteiger partial charge in [-0.2, -0.15) is 0 Å². The summed E-state index contributed by atoms with van der Waals surface area (Å²) in [6, 6.07) is 8.78. The minimum absolute atomic E-state index is 0.225. The van der Waals surface area contributed by atoms with Crippen molar-refractivity contribution in [3.63, 3.8) is 0 Å². The third-order valence-corrected chi connectivity index (χ3v) is 3.72. The van der Waals surface area contributed by atoms with E-state index in [0.29, 0.717) is 16.5 Å². The number of hydrogen-bond acceptors (Lipinski definition) is 3. The van der Waals surface area contributed by atoms with Crippen molar-refractivity contribution in [2.24, 2.45) is 0 Å². The molecule has 2 aromatic rings. The molecule has 0 aliphatic rings. The normalized spacial score (nSPS) is 10.7. The molecule has 100 valence electrons. The predicted molar refractivity (Wildman–Crippen MR) is 77.2 cm³/mol. The van der Waals surface area contributed by atoms with Crippen molar-refractivity contribution in [1.82, 2.24) is 10.3 Å². The Morgan fingerprint density at radius 1 is 1.32 bits per heavy atom. The Morgan fingerprint density at radius 3 is 2.79 bits per heavy atom. The molecule has 5 heteroatoms. The summed E-state index contributed by atoms with van der Waals surface area (Å²) in [7, 11) is 0. The van der Waals surface area contributed by atoms with Gasteiger partial charge < -0.3 is 5.32 Å². The summed E-state index contributed by atoms with van der Waals surface area (Å²) in [5, 5.41) is 4.47. The minimum atomic E-state index is -0.225. The summed E-state index contributed by atoms with van der Waals surface area (Å²) in [5.41, 5.74) is 0.938. The average Bonchev–Trinajstić information content (AvgIpc) is 2.41. The Hall–Kier alpha value is -1.10. The molecule has 0 fully saturated rings. The van der Waals surface area contributed by atoms with Crippen molar-refractivity contribution in [2.45, 2.75) is 23.4 Å². The van der Waals surface area contributed by atoms with Crippen molar-refractivity contribution >= 4 is 23.4 Å². The first-order valence-corrected chi connectivity index (χ1v) is 7.17. The largest absolute Gasteiger partial charge is 0.313 e. The van der Waals surface area contributed by atoms with E-state index in [1.54, 1.807) is 30.5 Å². The molecule has 1 N–H and O–H groups in total. The van der Waals surface area contributed by atoms with Crippen LogP contribution in [0, 0.1) is 5.82 Å². The molecule has 0 spiro atoms. The molecule has 0 radical (unpaired) electrons. The fraction of sp³-hybridized carbons (Fsp3) is 0.214. The van der Waals surface area contributed by atoms with Crippen LogP contribution in [0.5, 0.6) is 0 Å². The second kappa shape index (κ2) is 6.89. The lowest BCUT2D eigenvalue weighted by Crippen LogP contribution is -2.11. The molecule has 1 heterocycles. The van der Waals surface area contributed by atoms with E-state index in [0.717, 1.165) is 17.1 Å². The SMILES string of the molecule is CCNCc1ccc(Sc2ccc(Cl)cn2)c(F)c1. The van der Waals surface area contributed by atoms with Gasteiger partial charge in [-0.1, -0.05) is 36.4 Å². The van der Waals surface area contributed by atoms with Gasteiger partial charge in [-0.3, -0.25) is 0 Å². The molecule has 0 amide bonds. The van der Waals surface area contributed by atoms with Crippen LogP contribution in [0.1, 0.15) is 12.5 Å². The van der Waals surface area contributed by atoms with Crippen molar-refractivity contribution in [3.8, 4) is 0 Å². The van der Waals surface area contributed by atoms with E-state index in [1.807, 2.05) is 13.0 Å². The lowest BCUT2D eigenvalue weighted by molar-refractivity contribution is 0.596. The second-order valence-corrected chi connectivity index (χ2v) is 5.46. The molecule has 0 atom stereocenters. The van der Waals surface area contributed by atoms with E-state index < -0.39 is 0 Å². The maximum absolute atomic E-state index is 13.9. The van der Waals surface area contributed by atoms with Crippen LogP contribution < -0.4 is 5.32 Å². The summed E-state index contributed by atoms with van der Waals surface area (Å²) in [6.45, 7) is 3.57. The van der Waals surface area contributed by atoms with Gasteiger partial charge in [-0.05, 0) is 36.4 Å². The molecule has 2 rings (SSSR count). The summed E-state index contributed by atoms with van der Waals surface area (Å²) < 4.78 is 13.9. The number of nitrogens with one attached hydrogen (secondary N) is 1. The van der Waals surface area contributed by atoms with E-state index in [4.69, 9.17) is 11.6 Å². The Labute approximate surface area is 121 Å². The highest BCUT2D eigenvalue weighted by molar-refractivity contribution is 7.99. The van der Waals surface area contributed by atoms with Gasteiger partial charge in [0.25, 0.3) is 0 Å². The molecule has 2 nitrogen and oxygen atoms in total. The molecule has 0 saturated heterocycles. The van der Waals surface area contributed by atoms with E-state index in [-0.39, 0.29) is 5.82 Å². The van der Waals surface area contributed by atoms with Crippen molar-refractivity contribution in [2.75, 3.05) is 6.54 Å². The first-order valence-electron chi connectivity index (χ1n) is 5.97. The Kier molecular flexibility index (Phi) is 5.19. The summed E-state index contributed by atoms with van der Waals surface area (Å²) in [4.78, 5) is 4.70. The van der Waals surface area contributed by atoms with Crippen LogP contribution in [-0.4, -0.2) is 11.5 Å². The Bertz CT molecular complexity index is 546. The molecule has 0 unspecified atom stereocenters. The van der Waals surface area contributed by atoms with Crippen LogP contribution in [0.3, 0.4) is 0 Å². The van der Waals surface area contributed by atoms with Crippen LogP contribution in [0.4, 0.5) is 4.39 Å². The highest BCUT2D eigenvalue weighted by Gasteiger charge is 2.06. The van der Waals surface area contributed by atoms with Gasteiger partial charge in [0.1, 0.15) is 10.8 Å². The Morgan fingerprint density at radius 2 is 2.16 bits per heavy atom. The maximum Gasteiger partial charge on any atom is 0.137 e. The second-order valence-electron chi connectivity index (χ2n) is 3.96. The summed E-state index contributed by atoms with van der Waals surface area (Å²) in [5.74, 6) is -0.225. The fourth-order valence-electron chi connectivity index (χ4n) is 1.54. The van der Waals surface area contributed by atoms with E-state index in [1.165, 1.54) is 11.8 Å². The number of rotatable bonds is 5. The third-order valence-electron chi connectivity index (χ3n) is 2.49. The van der Waals surface area contributed by atoms with Crippen LogP contribution >= 0.6 is 23.4 Å². The maximum atomic E-state index is 13.9. The Balaban J connectivity index is 2.10. The summed E-state index contributed by atoms with van der Waals surface area (Å²) in [6.07, 6.45) is 1.56. The quantitative estimate of drug-likeness (QED) is 0.898. The van der Waals surface area contributed by atoms with Crippen LogP contribution in [0.25, 0.3) is 0 Å². The van der Waals surface area contributed by atoms with Crippen LogP contribution in [-0.2, 0) is 6.54 Å². The fourth-order valence-corrected chi connectivity index (χ4v) is 2.41. The lowest BCUT2D eigenvalue weighted by Gasteiger charge is -2.06. The summed E-state index contributed by atoms with van der Waals surface area (Å²) >= 11 is 7.05. The predicted octanol–water partition coefficient (Wildman–Crippen LogP) is 4.13. The highest BCUT2D eigenvalue weighted by atomic mass is 35.5. The number of benzene rings is 1. The molecule has 1 aromatic carbocycles.